The molecular weight excluding hydrogens is 432 g/mol. The fraction of sp³-hybridized carbons (Fsp3) is 0.481. The van der Waals surface area contributed by atoms with Crippen LogP contribution in [0.15, 0.2) is 48.5 Å². The standard InChI is InChI=1S/C27H32N2O5/c1-27(2,3)34-25(30)28-17-12-18-14-32-15-19(13-17)29(18)26(31)33-16-24-22-10-6-4-8-20(22)21-9-5-7-11-23(21)24/h4-11,17-19,24H,12-16H2,1-3H3,(H,28,30). The molecule has 7 heteroatoms. The van der Waals surface area contributed by atoms with E-state index in [1.807, 2.05) is 49.9 Å². The van der Waals surface area contributed by atoms with Gasteiger partial charge in [-0.25, -0.2) is 9.59 Å². The zero-order valence-corrected chi connectivity index (χ0v) is 20.0. The average molecular weight is 465 g/mol. The third-order valence-electron chi connectivity index (χ3n) is 6.79. The number of nitrogens with one attached hydrogen (secondary N) is 1. The van der Waals surface area contributed by atoms with Crippen molar-refractivity contribution in [2.75, 3.05) is 19.8 Å². The first kappa shape index (κ1) is 22.7. The number of rotatable bonds is 3. The van der Waals surface area contributed by atoms with Gasteiger partial charge >= 0.3 is 12.2 Å². The molecule has 180 valence electrons. The summed E-state index contributed by atoms with van der Waals surface area (Å²) in [4.78, 5) is 27.3. The number of nitrogens with zero attached hydrogens (tertiary/aromatic N) is 1. The van der Waals surface area contributed by atoms with E-state index in [2.05, 4.69) is 29.6 Å². The number of carbonyl (C=O) groups is 2. The third-order valence-corrected chi connectivity index (χ3v) is 6.79. The van der Waals surface area contributed by atoms with Crippen LogP contribution in [0, 0.1) is 0 Å². The Bertz CT molecular complexity index is 1020. The van der Waals surface area contributed by atoms with Crippen molar-refractivity contribution < 1.29 is 23.8 Å². The predicted molar refractivity (Wildman–Crippen MR) is 128 cm³/mol. The molecule has 0 aromatic heterocycles. The second kappa shape index (κ2) is 8.95. The lowest BCUT2D eigenvalue weighted by molar-refractivity contribution is -0.0727. The van der Waals surface area contributed by atoms with Crippen LogP contribution in [0.25, 0.3) is 11.1 Å². The minimum atomic E-state index is -0.551. The summed E-state index contributed by atoms with van der Waals surface area (Å²) < 4.78 is 17.0. The SMILES string of the molecule is CC(C)(C)OC(=O)NC1CC2COCC(C1)N2C(=O)OCC1c2ccccc2-c2ccccc21. The molecule has 2 fully saturated rings. The van der Waals surface area contributed by atoms with Gasteiger partial charge in [0.15, 0.2) is 0 Å². The van der Waals surface area contributed by atoms with Gasteiger partial charge in [-0.2, -0.15) is 0 Å². The molecule has 2 aliphatic heterocycles. The van der Waals surface area contributed by atoms with E-state index in [9.17, 15) is 9.59 Å². The molecule has 2 saturated heterocycles. The van der Waals surface area contributed by atoms with E-state index in [-0.39, 0.29) is 30.1 Å². The lowest BCUT2D eigenvalue weighted by Crippen LogP contribution is -2.62. The van der Waals surface area contributed by atoms with Crippen molar-refractivity contribution in [2.24, 2.45) is 0 Å². The molecule has 0 radical (unpaired) electrons. The number of benzene rings is 2. The van der Waals surface area contributed by atoms with E-state index < -0.39 is 11.7 Å². The van der Waals surface area contributed by atoms with Gasteiger partial charge in [0, 0.05) is 12.0 Å². The van der Waals surface area contributed by atoms with Crippen LogP contribution in [0.4, 0.5) is 9.59 Å². The van der Waals surface area contributed by atoms with Crippen molar-refractivity contribution in [3.8, 4) is 11.1 Å². The van der Waals surface area contributed by atoms with E-state index >= 15 is 0 Å². The Morgan fingerprint density at radius 3 is 2.09 bits per heavy atom. The van der Waals surface area contributed by atoms with Gasteiger partial charge in [-0.1, -0.05) is 48.5 Å². The Kier molecular flexibility index (Phi) is 5.98. The summed E-state index contributed by atoms with van der Waals surface area (Å²) >= 11 is 0. The monoisotopic (exact) mass is 464 g/mol. The summed E-state index contributed by atoms with van der Waals surface area (Å²) in [7, 11) is 0. The molecule has 5 rings (SSSR count). The van der Waals surface area contributed by atoms with Crippen molar-refractivity contribution in [3.05, 3.63) is 59.7 Å². The molecule has 0 spiro atoms. The van der Waals surface area contributed by atoms with Crippen LogP contribution in [0.3, 0.4) is 0 Å². The molecule has 2 aromatic rings. The van der Waals surface area contributed by atoms with Gasteiger partial charge in [0.1, 0.15) is 12.2 Å². The second-order valence-corrected chi connectivity index (χ2v) is 10.4. The highest BCUT2D eigenvalue weighted by Crippen LogP contribution is 2.44. The predicted octanol–water partition coefficient (Wildman–Crippen LogP) is 4.69. The molecule has 2 heterocycles. The highest BCUT2D eigenvalue weighted by atomic mass is 16.6. The Morgan fingerprint density at radius 2 is 1.53 bits per heavy atom. The fourth-order valence-electron chi connectivity index (χ4n) is 5.47. The highest BCUT2D eigenvalue weighted by Gasteiger charge is 2.43. The highest BCUT2D eigenvalue weighted by molar-refractivity contribution is 5.79. The summed E-state index contributed by atoms with van der Waals surface area (Å²) in [5.74, 6) is 0.0267. The first-order chi connectivity index (χ1) is 16.3. The maximum atomic E-state index is 13.2. The Hall–Kier alpha value is -3.06. The molecule has 3 aliphatic rings. The molecule has 2 amide bonds. The van der Waals surface area contributed by atoms with Gasteiger partial charge in [-0.3, -0.25) is 4.90 Å². The number of amides is 2. The second-order valence-electron chi connectivity index (χ2n) is 10.4. The van der Waals surface area contributed by atoms with Gasteiger partial charge in [-0.15, -0.1) is 0 Å². The number of hydrogen-bond donors (Lipinski definition) is 1. The molecule has 2 unspecified atom stereocenters. The van der Waals surface area contributed by atoms with E-state index in [1.54, 1.807) is 0 Å². The zero-order chi connectivity index (χ0) is 23.9. The van der Waals surface area contributed by atoms with Gasteiger partial charge in [0.2, 0.25) is 0 Å². The van der Waals surface area contributed by atoms with Gasteiger partial charge in [0.05, 0.1) is 25.3 Å². The van der Waals surface area contributed by atoms with Crippen molar-refractivity contribution in [2.45, 2.75) is 63.3 Å². The molecule has 1 aliphatic carbocycles. The largest absolute Gasteiger partial charge is 0.448 e. The van der Waals surface area contributed by atoms with Crippen LogP contribution in [-0.2, 0) is 14.2 Å². The Labute approximate surface area is 200 Å². The van der Waals surface area contributed by atoms with Crippen LogP contribution < -0.4 is 5.32 Å². The summed E-state index contributed by atoms with van der Waals surface area (Å²) in [6, 6.07) is 16.3. The van der Waals surface area contributed by atoms with Crippen molar-refractivity contribution in [1.82, 2.24) is 10.2 Å². The molecule has 7 nitrogen and oxygen atoms in total. The van der Waals surface area contributed by atoms with Gasteiger partial charge in [0.25, 0.3) is 0 Å². The topological polar surface area (TPSA) is 77.1 Å². The maximum absolute atomic E-state index is 13.2. The minimum Gasteiger partial charge on any atom is -0.448 e. The van der Waals surface area contributed by atoms with Gasteiger partial charge < -0.3 is 19.5 Å². The zero-order valence-electron chi connectivity index (χ0n) is 20.0. The average Bonchev–Trinajstić information content (AvgIpc) is 3.09. The van der Waals surface area contributed by atoms with Crippen LogP contribution >= 0.6 is 0 Å². The molecule has 2 bridgehead atoms. The maximum Gasteiger partial charge on any atom is 0.410 e. The summed E-state index contributed by atoms with van der Waals surface area (Å²) in [6.45, 7) is 6.70. The smallest absolute Gasteiger partial charge is 0.410 e. The first-order valence-corrected chi connectivity index (χ1v) is 12.0. The summed E-state index contributed by atoms with van der Waals surface area (Å²) in [5, 5.41) is 2.97. The van der Waals surface area contributed by atoms with Crippen molar-refractivity contribution in [3.63, 3.8) is 0 Å². The number of fused-ring (bicyclic) bond motifs is 5. The molecular formula is C27H32N2O5. The summed E-state index contributed by atoms with van der Waals surface area (Å²) in [6.07, 6.45) is 0.488. The Balaban J connectivity index is 1.24. The van der Waals surface area contributed by atoms with Gasteiger partial charge in [-0.05, 0) is 55.9 Å². The molecule has 1 N–H and O–H groups in total. The summed E-state index contributed by atoms with van der Waals surface area (Å²) in [5.41, 5.74) is 4.25. The molecule has 34 heavy (non-hydrogen) atoms. The lowest BCUT2D eigenvalue weighted by atomic mass is 9.90. The van der Waals surface area contributed by atoms with E-state index in [4.69, 9.17) is 14.2 Å². The minimum absolute atomic E-state index is 0.0267. The number of hydrogen-bond acceptors (Lipinski definition) is 5. The van der Waals surface area contributed by atoms with Crippen LogP contribution in [-0.4, -0.2) is 60.6 Å². The normalized spacial score (nSPS) is 23.6. The fourth-order valence-corrected chi connectivity index (χ4v) is 5.47. The molecule has 2 aromatic carbocycles. The molecule has 2 atom stereocenters. The van der Waals surface area contributed by atoms with E-state index in [0.29, 0.717) is 32.7 Å². The third kappa shape index (κ3) is 4.49. The first-order valence-electron chi connectivity index (χ1n) is 12.0. The van der Waals surface area contributed by atoms with Crippen LogP contribution in [0.1, 0.15) is 50.7 Å². The van der Waals surface area contributed by atoms with Crippen LogP contribution in [0.5, 0.6) is 0 Å². The lowest BCUT2D eigenvalue weighted by Gasteiger charge is -2.47. The Morgan fingerprint density at radius 1 is 0.971 bits per heavy atom. The van der Waals surface area contributed by atoms with E-state index in [0.717, 1.165) is 0 Å². The van der Waals surface area contributed by atoms with E-state index in [1.165, 1.54) is 22.3 Å². The number of carbonyl (C=O) groups excluding carboxylic acids is 2. The quantitative estimate of drug-likeness (QED) is 0.713. The number of alkyl carbamates (subject to hydrolysis) is 1. The number of ether oxygens (including phenoxy) is 3. The molecule has 0 saturated carbocycles. The van der Waals surface area contributed by atoms with Crippen molar-refractivity contribution >= 4 is 12.2 Å². The van der Waals surface area contributed by atoms with Crippen LogP contribution in [0.2, 0.25) is 0 Å². The van der Waals surface area contributed by atoms with Crippen molar-refractivity contribution in [1.29, 1.82) is 0 Å². The number of piperidine rings is 1. The number of morpholine rings is 1.